The Morgan fingerprint density at radius 2 is 1.57 bits per heavy atom. The van der Waals surface area contributed by atoms with Gasteiger partial charge in [-0.25, -0.2) is 9.59 Å². The minimum absolute atomic E-state index is 0.0576. The SMILES string of the molecule is CCC(C(=O)O)N(C)C(=O)c1cccc(NC(=O)OCC2c3ccccc3-c3ccccc32)c1C. The highest BCUT2D eigenvalue weighted by Gasteiger charge is 2.30. The molecule has 0 aliphatic heterocycles. The third kappa shape index (κ3) is 4.62. The third-order valence-corrected chi connectivity index (χ3v) is 6.60. The van der Waals surface area contributed by atoms with Crippen molar-refractivity contribution < 1.29 is 24.2 Å². The van der Waals surface area contributed by atoms with Crippen molar-refractivity contribution >= 4 is 23.7 Å². The van der Waals surface area contributed by atoms with Gasteiger partial charge in [0, 0.05) is 24.2 Å². The molecule has 0 spiro atoms. The predicted molar refractivity (Wildman–Crippen MR) is 134 cm³/mol. The molecule has 1 atom stereocenters. The highest BCUT2D eigenvalue weighted by Crippen LogP contribution is 2.44. The molecule has 7 heteroatoms. The molecular weight excluding hydrogens is 444 g/mol. The van der Waals surface area contributed by atoms with Gasteiger partial charge in [-0.3, -0.25) is 10.1 Å². The van der Waals surface area contributed by atoms with Gasteiger partial charge in [0.2, 0.25) is 0 Å². The van der Waals surface area contributed by atoms with Crippen molar-refractivity contribution in [3.63, 3.8) is 0 Å². The number of amides is 2. The van der Waals surface area contributed by atoms with Gasteiger partial charge >= 0.3 is 12.1 Å². The zero-order chi connectivity index (χ0) is 25.1. The number of likely N-dealkylation sites (N-methyl/N-ethyl adjacent to an activating group) is 1. The fourth-order valence-corrected chi connectivity index (χ4v) is 4.69. The van der Waals surface area contributed by atoms with Crippen LogP contribution in [0.2, 0.25) is 0 Å². The maximum Gasteiger partial charge on any atom is 0.411 e. The first kappa shape index (κ1) is 24.0. The number of carboxylic acid groups (broad SMARTS) is 1. The molecule has 3 aromatic carbocycles. The molecule has 4 rings (SSSR count). The van der Waals surface area contributed by atoms with E-state index in [1.54, 1.807) is 32.0 Å². The van der Waals surface area contributed by atoms with Gasteiger partial charge in [0.1, 0.15) is 12.6 Å². The van der Waals surface area contributed by atoms with Crippen molar-refractivity contribution in [1.29, 1.82) is 0 Å². The van der Waals surface area contributed by atoms with Crippen LogP contribution in [-0.2, 0) is 9.53 Å². The first-order chi connectivity index (χ1) is 16.8. The number of benzene rings is 3. The average Bonchev–Trinajstić information content (AvgIpc) is 3.17. The minimum atomic E-state index is -1.06. The summed E-state index contributed by atoms with van der Waals surface area (Å²) in [6, 6.07) is 20.2. The molecule has 3 aromatic rings. The van der Waals surface area contributed by atoms with Crippen molar-refractivity contribution in [3.05, 3.63) is 89.0 Å². The number of anilines is 1. The summed E-state index contributed by atoms with van der Waals surface area (Å²) in [6.07, 6.45) is -0.334. The van der Waals surface area contributed by atoms with E-state index in [0.717, 1.165) is 22.3 Å². The molecule has 7 nitrogen and oxygen atoms in total. The Kier molecular flexibility index (Phi) is 6.87. The number of ether oxygens (including phenoxy) is 1. The smallest absolute Gasteiger partial charge is 0.411 e. The van der Waals surface area contributed by atoms with Gasteiger partial charge in [-0.05, 0) is 53.3 Å². The summed E-state index contributed by atoms with van der Waals surface area (Å²) < 4.78 is 5.61. The Balaban J connectivity index is 1.47. The van der Waals surface area contributed by atoms with E-state index < -0.39 is 24.0 Å². The molecule has 0 saturated heterocycles. The van der Waals surface area contributed by atoms with E-state index in [9.17, 15) is 19.5 Å². The summed E-state index contributed by atoms with van der Waals surface area (Å²) in [7, 11) is 1.47. The molecule has 1 aliphatic rings. The number of carboxylic acids is 1. The van der Waals surface area contributed by atoms with Crippen LogP contribution in [0.1, 0.15) is 46.3 Å². The lowest BCUT2D eigenvalue weighted by Crippen LogP contribution is -2.42. The monoisotopic (exact) mass is 472 g/mol. The lowest BCUT2D eigenvalue weighted by atomic mass is 9.98. The molecule has 2 N–H and O–H groups in total. The first-order valence-corrected chi connectivity index (χ1v) is 11.5. The van der Waals surface area contributed by atoms with Crippen LogP contribution in [0.25, 0.3) is 11.1 Å². The van der Waals surface area contributed by atoms with Crippen LogP contribution in [0.4, 0.5) is 10.5 Å². The van der Waals surface area contributed by atoms with Crippen LogP contribution in [0.15, 0.2) is 66.7 Å². The van der Waals surface area contributed by atoms with Crippen LogP contribution >= 0.6 is 0 Å². The van der Waals surface area contributed by atoms with E-state index in [1.807, 2.05) is 24.3 Å². The molecule has 0 bridgehead atoms. The van der Waals surface area contributed by atoms with E-state index in [0.29, 0.717) is 16.8 Å². The number of hydrogen-bond acceptors (Lipinski definition) is 4. The fourth-order valence-electron chi connectivity index (χ4n) is 4.69. The highest BCUT2D eigenvalue weighted by atomic mass is 16.5. The second-order valence-corrected chi connectivity index (χ2v) is 8.61. The highest BCUT2D eigenvalue weighted by molar-refractivity contribution is 6.00. The van der Waals surface area contributed by atoms with E-state index in [1.165, 1.54) is 11.9 Å². The van der Waals surface area contributed by atoms with Gasteiger partial charge in [-0.2, -0.15) is 0 Å². The maximum atomic E-state index is 13.0. The molecule has 180 valence electrons. The summed E-state index contributed by atoms with van der Waals surface area (Å²) >= 11 is 0. The Bertz CT molecular complexity index is 1240. The lowest BCUT2D eigenvalue weighted by Gasteiger charge is -2.25. The molecule has 0 saturated carbocycles. The molecule has 0 aromatic heterocycles. The quantitative estimate of drug-likeness (QED) is 0.487. The molecule has 0 radical (unpaired) electrons. The van der Waals surface area contributed by atoms with Crippen molar-refractivity contribution in [2.75, 3.05) is 19.0 Å². The summed E-state index contributed by atoms with van der Waals surface area (Å²) in [5, 5.41) is 12.1. The summed E-state index contributed by atoms with van der Waals surface area (Å²) in [6.45, 7) is 3.60. The Hall–Kier alpha value is -4.13. The normalized spacial score (nSPS) is 12.9. The molecule has 0 fully saturated rings. The van der Waals surface area contributed by atoms with Crippen molar-refractivity contribution in [3.8, 4) is 11.1 Å². The van der Waals surface area contributed by atoms with E-state index >= 15 is 0 Å². The molecule has 2 amide bonds. The van der Waals surface area contributed by atoms with Crippen LogP contribution in [-0.4, -0.2) is 47.7 Å². The maximum absolute atomic E-state index is 13.0. The van der Waals surface area contributed by atoms with Crippen LogP contribution in [0.5, 0.6) is 0 Å². The largest absolute Gasteiger partial charge is 0.480 e. The van der Waals surface area contributed by atoms with Crippen molar-refractivity contribution in [2.24, 2.45) is 0 Å². The molecule has 1 unspecified atom stereocenters. The van der Waals surface area contributed by atoms with E-state index in [4.69, 9.17) is 4.74 Å². The zero-order valence-corrected chi connectivity index (χ0v) is 19.9. The average molecular weight is 473 g/mol. The predicted octanol–water partition coefficient (Wildman–Crippen LogP) is 5.29. The van der Waals surface area contributed by atoms with Crippen LogP contribution in [0, 0.1) is 6.92 Å². The van der Waals surface area contributed by atoms with Crippen molar-refractivity contribution in [1.82, 2.24) is 4.90 Å². The standard InChI is InChI=1S/C28H28N2O5/c1-4-25(27(32)33)30(3)26(31)18-14-9-15-24(17(18)2)29-28(34)35-16-23-21-12-7-5-10-19(21)20-11-6-8-13-22(20)23/h5-15,23,25H,4,16H2,1-3H3,(H,29,34)(H,32,33). The Labute approximate surface area is 204 Å². The number of nitrogens with one attached hydrogen (secondary N) is 1. The summed E-state index contributed by atoms with van der Waals surface area (Å²) in [5.74, 6) is -1.54. The van der Waals surface area contributed by atoms with Gasteiger partial charge in [-0.1, -0.05) is 61.5 Å². The van der Waals surface area contributed by atoms with Gasteiger partial charge in [0.15, 0.2) is 0 Å². The zero-order valence-electron chi connectivity index (χ0n) is 19.9. The first-order valence-electron chi connectivity index (χ1n) is 11.5. The summed E-state index contributed by atoms with van der Waals surface area (Å²) in [4.78, 5) is 38.3. The molecule has 0 heterocycles. The molecular formula is C28H28N2O5. The number of nitrogens with zero attached hydrogens (tertiary/aromatic N) is 1. The second kappa shape index (κ2) is 10.0. The number of carbonyl (C=O) groups is 3. The second-order valence-electron chi connectivity index (χ2n) is 8.61. The Morgan fingerprint density at radius 3 is 2.14 bits per heavy atom. The van der Waals surface area contributed by atoms with Gasteiger partial charge in [0.05, 0.1) is 0 Å². The number of fused-ring (bicyclic) bond motifs is 3. The Morgan fingerprint density at radius 1 is 0.971 bits per heavy atom. The molecule has 1 aliphatic carbocycles. The third-order valence-electron chi connectivity index (χ3n) is 6.60. The topological polar surface area (TPSA) is 95.9 Å². The minimum Gasteiger partial charge on any atom is -0.480 e. The lowest BCUT2D eigenvalue weighted by molar-refractivity contribution is -0.142. The molecule has 35 heavy (non-hydrogen) atoms. The van der Waals surface area contributed by atoms with Gasteiger partial charge < -0.3 is 14.7 Å². The summed E-state index contributed by atoms with van der Waals surface area (Å²) in [5.41, 5.74) is 5.84. The number of rotatable bonds is 7. The van der Waals surface area contributed by atoms with E-state index in [-0.39, 0.29) is 18.9 Å². The number of aliphatic carboxylic acids is 1. The number of hydrogen-bond donors (Lipinski definition) is 2. The van der Waals surface area contributed by atoms with Crippen molar-refractivity contribution in [2.45, 2.75) is 32.2 Å². The van der Waals surface area contributed by atoms with Gasteiger partial charge in [-0.15, -0.1) is 0 Å². The number of carbonyl (C=O) groups excluding carboxylic acids is 2. The van der Waals surface area contributed by atoms with E-state index in [2.05, 4.69) is 29.6 Å². The van der Waals surface area contributed by atoms with Gasteiger partial charge in [0.25, 0.3) is 5.91 Å². The fraction of sp³-hybridized carbons (Fsp3) is 0.250. The van der Waals surface area contributed by atoms with Crippen LogP contribution < -0.4 is 5.32 Å². The van der Waals surface area contributed by atoms with Crippen LogP contribution in [0.3, 0.4) is 0 Å².